The Balaban J connectivity index is 1.98. The quantitative estimate of drug-likeness (QED) is 0.843. The van der Waals surface area contributed by atoms with E-state index in [1.54, 1.807) is 6.07 Å². The Bertz CT molecular complexity index is 417. The number of halogens is 1. The summed E-state index contributed by atoms with van der Waals surface area (Å²) in [7, 11) is 0. The van der Waals surface area contributed by atoms with Crippen molar-refractivity contribution in [2.24, 2.45) is 5.41 Å². The van der Waals surface area contributed by atoms with E-state index in [9.17, 15) is 4.39 Å². The van der Waals surface area contributed by atoms with Gasteiger partial charge >= 0.3 is 0 Å². The van der Waals surface area contributed by atoms with Crippen molar-refractivity contribution in [1.29, 1.82) is 0 Å². The van der Waals surface area contributed by atoms with Crippen molar-refractivity contribution in [1.82, 2.24) is 5.32 Å². The van der Waals surface area contributed by atoms with Gasteiger partial charge in [-0.25, -0.2) is 4.39 Å². The zero-order chi connectivity index (χ0) is 13.2. The van der Waals surface area contributed by atoms with Crippen molar-refractivity contribution in [3.63, 3.8) is 0 Å². The zero-order valence-corrected chi connectivity index (χ0v) is 11.2. The Morgan fingerprint density at radius 1 is 1.44 bits per heavy atom. The molecule has 1 aliphatic carbocycles. The van der Waals surface area contributed by atoms with Gasteiger partial charge in [0, 0.05) is 19.2 Å². The van der Waals surface area contributed by atoms with E-state index >= 15 is 0 Å². The predicted octanol–water partition coefficient (Wildman–Crippen LogP) is 2.81. The van der Waals surface area contributed by atoms with Crippen molar-refractivity contribution in [3.8, 4) is 0 Å². The average Bonchev–Trinajstić information content (AvgIpc) is 2.68. The number of rotatable bonds is 5. The Morgan fingerprint density at radius 3 is 2.94 bits per heavy atom. The molecule has 0 bridgehead atoms. The molecule has 18 heavy (non-hydrogen) atoms. The summed E-state index contributed by atoms with van der Waals surface area (Å²) in [4.78, 5) is 0. The topological polar surface area (TPSA) is 32.3 Å². The minimum atomic E-state index is -0.144. The van der Waals surface area contributed by atoms with Gasteiger partial charge in [-0.2, -0.15) is 0 Å². The highest BCUT2D eigenvalue weighted by Crippen LogP contribution is 2.32. The lowest BCUT2D eigenvalue weighted by atomic mass is 9.89. The van der Waals surface area contributed by atoms with Crippen LogP contribution in [0.3, 0.4) is 0 Å². The molecular formula is C15H22FNO. The molecule has 0 spiro atoms. The third-order valence-electron chi connectivity index (χ3n) is 3.80. The van der Waals surface area contributed by atoms with Crippen LogP contribution in [-0.2, 0) is 6.42 Å². The van der Waals surface area contributed by atoms with Crippen molar-refractivity contribution < 1.29 is 9.50 Å². The Hall–Kier alpha value is -0.930. The summed E-state index contributed by atoms with van der Waals surface area (Å²) in [6, 6.07) is 5.42. The fourth-order valence-electron chi connectivity index (χ4n) is 2.59. The number of hydrogen-bond donors (Lipinski definition) is 2. The summed E-state index contributed by atoms with van der Waals surface area (Å²) < 4.78 is 13.1. The van der Waals surface area contributed by atoms with Crippen LogP contribution in [0.15, 0.2) is 18.2 Å². The van der Waals surface area contributed by atoms with Crippen molar-refractivity contribution in [2.45, 2.75) is 39.2 Å². The lowest BCUT2D eigenvalue weighted by molar-refractivity contribution is 0.202. The number of aliphatic hydroxyl groups is 1. The maximum absolute atomic E-state index is 13.1. The van der Waals surface area contributed by atoms with Gasteiger partial charge in [-0.1, -0.05) is 19.9 Å². The lowest BCUT2D eigenvalue weighted by Crippen LogP contribution is -2.32. The fourth-order valence-corrected chi connectivity index (χ4v) is 2.59. The second-order valence-corrected chi connectivity index (χ2v) is 5.95. The van der Waals surface area contributed by atoms with E-state index in [0.717, 1.165) is 31.4 Å². The summed E-state index contributed by atoms with van der Waals surface area (Å²) in [5.74, 6) is -0.144. The summed E-state index contributed by atoms with van der Waals surface area (Å²) in [5.41, 5.74) is 2.46. The molecule has 2 N–H and O–H groups in total. The first kappa shape index (κ1) is 13.5. The molecule has 2 nitrogen and oxygen atoms in total. The van der Waals surface area contributed by atoms with Crippen LogP contribution in [0.1, 0.15) is 43.9 Å². The largest absolute Gasteiger partial charge is 0.396 e. The second kappa shape index (κ2) is 5.37. The van der Waals surface area contributed by atoms with Gasteiger partial charge in [0.15, 0.2) is 0 Å². The average molecular weight is 251 g/mol. The van der Waals surface area contributed by atoms with Crippen LogP contribution >= 0.6 is 0 Å². The monoisotopic (exact) mass is 251 g/mol. The number of aryl methyl sites for hydroxylation is 1. The molecule has 1 aromatic rings. The zero-order valence-electron chi connectivity index (χ0n) is 11.2. The lowest BCUT2D eigenvalue weighted by Gasteiger charge is -2.26. The highest BCUT2D eigenvalue weighted by atomic mass is 19.1. The first-order chi connectivity index (χ1) is 8.52. The van der Waals surface area contributed by atoms with E-state index in [1.165, 1.54) is 11.6 Å². The van der Waals surface area contributed by atoms with E-state index in [-0.39, 0.29) is 17.8 Å². The highest BCUT2D eigenvalue weighted by Gasteiger charge is 2.25. The second-order valence-electron chi connectivity index (χ2n) is 5.95. The van der Waals surface area contributed by atoms with Gasteiger partial charge in [0.1, 0.15) is 5.82 Å². The van der Waals surface area contributed by atoms with Gasteiger partial charge in [-0.3, -0.25) is 0 Å². The fraction of sp³-hybridized carbons (Fsp3) is 0.600. The predicted molar refractivity (Wildman–Crippen MR) is 70.9 cm³/mol. The van der Waals surface area contributed by atoms with Gasteiger partial charge in [-0.15, -0.1) is 0 Å². The van der Waals surface area contributed by atoms with Crippen LogP contribution in [0.2, 0.25) is 0 Å². The van der Waals surface area contributed by atoms with E-state index in [4.69, 9.17) is 5.11 Å². The number of benzene rings is 1. The van der Waals surface area contributed by atoms with E-state index < -0.39 is 0 Å². The maximum Gasteiger partial charge on any atom is 0.123 e. The Labute approximate surface area is 108 Å². The van der Waals surface area contributed by atoms with Gasteiger partial charge in [0.05, 0.1) is 0 Å². The summed E-state index contributed by atoms with van der Waals surface area (Å²) in [6.45, 7) is 5.39. The maximum atomic E-state index is 13.1. The molecule has 2 rings (SSSR count). The summed E-state index contributed by atoms with van der Waals surface area (Å²) >= 11 is 0. The Kier molecular flexibility index (Phi) is 4.03. The van der Waals surface area contributed by atoms with Gasteiger partial charge in [0.2, 0.25) is 0 Å². The van der Waals surface area contributed by atoms with E-state index in [1.807, 2.05) is 6.07 Å². The molecular weight excluding hydrogens is 229 g/mol. The molecule has 3 heteroatoms. The van der Waals surface area contributed by atoms with E-state index in [0.29, 0.717) is 6.04 Å². The highest BCUT2D eigenvalue weighted by molar-refractivity contribution is 5.34. The first-order valence-corrected chi connectivity index (χ1v) is 6.64. The molecule has 0 radical (unpaired) electrons. The summed E-state index contributed by atoms with van der Waals surface area (Å²) in [6.07, 6.45) is 2.78. The minimum absolute atomic E-state index is 0.0948. The molecule has 0 amide bonds. The first-order valence-electron chi connectivity index (χ1n) is 6.64. The molecule has 0 saturated carbocycles. The van der Waals surface area contributed by atoms with Crippen LogP contribution in [0.4, 0.5) is 4.39 Å². The van der Waals surface area contributed by atoms with Crippen molar-refractivity contribution >= 4 is 0 Å². The summed E-state index contributed by atoms with van der Waals surface area (Å²) in [5, 5.41) is 12.6. The van der Waals surface area contributed by atoms with Crippen LogP contribution in [-0.4, -0.2) is 18.3 Å². The number of aliphatic hydroxyl groups excluding tert-OH is 1. The number of fused-ring (bicyclic) bond motifs is 1. The standard InChI is InChI=1S/C15H22FNO/c1-15(2,7-8-18)10-17-14-6-3-11-9-12(16)4-5-13(11)14/h4-5,9,14,17-18H,3,6-8,10H2,1-2H3. The number of nitrogens with one attached hydrogen (secondary N) is 1. The van der Waals surface area contributed by atoms with Crippen LogP contribution in [0.25, 0.3) is 0 Å². The third-order valence-corrected chi connectivity index (χ3v) is 3.80. The molecule has 1 unspecified atom stereocenters. The molecule has 1 aromatic carbocycles. The van der Waals surface area contributed by atoms with E-state index in [2.05, 4.69) is 19.2 Å². The van der Waals surface area contributed by atoms with Gasteiger partial charge in [0.25, 0.3) is 0 Å². The molecule has 100 valence electrons. The molecule has 1 aliphatic rings. The SMILES string of the molecule is CC(C)(CCO)CNC1CCc2cc(F)ccc21. The van der Waals surface area contributed by atoms with Gasteiger partial charge in [-0.05, 0) is 47.9 Å². The van der Waals surface area contributed by atoms with Crippen molar-refractivity contribution in [2.75, 3.05) is 13.2 Å². The van der Waals surface area contributed by atoms with Crippen LogP contribution < -0.4 is 5.32 Å². The smallest absolute Gasteiger partial charge is 0.123 e. The van der Waals surface area contributed by atoms with Crippen molar-refractivity contribution in [3.05, 3.63) is 35.1 Å². The normalized spacial score (nSPS) is 19.0. The minimum Gasteiger partial charge on any atom is -0.396 e. The molecule has 0 aromatic heterocycles. The third kappa shape index (κ3) is 3.09. The molecule has 0 fully saturated rings. The molecule has 1 atom stereocenters. The molecule has 0 heterocycles. The van der Waals surface area contributed by atoms with Gasteiger partial charge < -0.3 is 10.4 Å². The number of hydrogen-bond acceptors (Lipinski definition) is 2. The van der Waals surface area contributed by atoms with Crippen LogP contribution in [0.5, 0.6) is 0 Å². The molecule has 0 saturated heterocycles. The Morgan fingerprint density at radius 2 is 2.22 bits per heavy atom. The molecule has 0 aliphatic heterocycles. The van der Waals surface area contributed by atoms with Crippen LogP contribution in [0, 0.1) is 11.2 Å².